The number of rotatable bonds is 3. The molecule has 3 N–H and O–H groups in total. The smallest absolute Gasteiger partial charge is 0.341 e. The third-order valence-corrected chi connectivity index (χ3v) is 4.61. The third kappa shape index (κ3) is 3.08. The molecule has 1 fully saturated rings. The van der Waals surface area contributed by atoms with Gasteiger partial charge < -0.3 is 15.7 Å². The van der Waals surface area contributed by atoms with Crippen molar-refractivity contribution in [3.63, 3.8) is 0 Å². The molecule has 0 radical (unpaired) electrons. The fourth-order valence-electron chi connectivity index (χ4n) is 3.25. The standard InChI is InChI=1S/C16H16FN7O3.ClH/c1-22-12(5-19-21-22)24-7-10(16(26)27)13(25)9-4-11(17)15(20-14(9)24)23-3-2-8(18)6-23;/h4-5,7-8H,2-3,6,18H2,1H3,(H,26,27);1H. The van der Waals surface area contributed by atoms with Crippen LogP contribution in [0.3, 0.4) is 0 Å². The molecule has 10 nitrogen and oxygen atoms in total. The number of aryl methyl sites for hydroxylation is 1. The molecule has 1 atom stereocenters. The molecule has 1 unspecified atom stereocenters. The Morgan fingerprint density at radius 2 is 2.18 bits per heavy atom. The Bertz CT molecular complexity index is 1130. The van der Waals surface area contributed by atoms with Crippen LogP contribution >= 0.6 is 12.4 Å². The second-order valence-corrected chi connectivity index (χ2v) is 6.42. The topological polar surface area (TPSA) is 132 Å². The average Bonchev–Trinajstić information content (AvgIpc) is 3.23. The van der Waals surface area contributed by atoms with Gasteiger partial charge in [-0.2, -0.15) is 0 Å². The van der Waals surface area contributed by atoms with E-state index in [0.29, 0.717) is 25.3 Å². The molecule has 0 aromatic carbocycles. The van der Waals surface area contributed by atoms with Gasteiger partial charge in [-0.3, -0.25) is 9.36 Å². The van der Waals surface area contributed by atoms with Gasteiger partial charge in [-0.05, 0) is 12.5 Å². The molecule has 4 heterocycles. The van der Waals surface area contributed by atoms with Crippen LogP contribution in [0.15, 0.2) is 23.3 Å². The Kier molecular flexibility index (Phi) is 5.04. The van der Waals surface area contributed by atoms with Gasteiger partial charge in [-0.15, -0.1) is 17.5 Å². The van der Waals surface area contributed by atoms with E-state index in [1.165, 1.54) is 15.4 Å². The second-order valence-electron chi connectivity index (χ2n) is 6.42. The number of halogens is 2. The summed E-state index contributed by atoms with van der Waals surface area (Å²) in [5.41, 5.74) is 4.71. The van der Waals surface area contributed by atoms with Crippen LogP contribution in [0.25, 0.3) is 16.9 Å². The first-order valence-corrected chi connectivity index (χ1v) is 8.21. The predicted octanol–water partition coefficient (Wildman–Crippen LogP) is 0.311. The number of aromatic carboxylic acids is 1. The molecule has 0 aliphatic carbocycles. The number of nitrogens with zero attached hydrogens (tertiary/aromatic N) is 6. The molecule has 3 aromatic heterocycles. The van der Waals surface area contributed by atoms with Crippen molar-refractivity contribution in [2.75, 3.05) is 18.0 Å². The molecule has 4 rings (SSSR count). The minimum absolute atomic E-state index is 0. The maximum absolute atomic E-state index is 14.7. The zero-order chi connectivity index (χ0) is 19.3. The fraction of sp³-hybridized carbons (Fsp3) is 0.312. The SMILES string of the molecule is Cl.Cn1nncc1-n1cc(C(=O)O)c(=O)c2cc(F)c(N3CCC(N)C3)nc21. The van der Waals surface area contributed by atoms with Gasteiger partial charge in [0.1, 0.15) is 5.56 Å². The number of carboxylic acids is 1. The molecule has 1 aliphatic heterocycles. The minimum atomic E-state index is -1.42. The summed E-state index contributed by atoms with van der Waals surface area (Å²) in [4.78, 5) is 30.1. The van der Waals surface area contributed by atoms with Gasteiger partial charge in [0.2, 0.25) is 5.43 Å². The molecule has 28 heavy (non-hydrogen) atoms. The van der Waals surface area contributed by atoms with E-state index in [4.69, 9.17) is 5.73 Å². The Morgan fingerprint density at radius 3 is 2.75 bits per heavy atom. The lowest BCUT2D eigenvalue weighted by molar-refractivity contribution is 0.0695. The largest absolute Gasteiger partial charge is 0.477 e. The molecule has 1 aliphatic rings. The van der Waals surface area contributed by atoms with Crippen LogP contribution in [0.1, 0.15) is 16.8 Å². The second kappa shape index (κ2) is 7.17. The Labute approximate surface area is 163 Å². The van der Waals surface area contributed by atoms with Crippen LogP contribution in [-0.2, 0) is 7.05 Å². The number of nitrogens with two attached hydrogens (primary N) is 1. The van der Waals surface area contributed by atoms with Crippen LogP contribution in [0.5, 0.6) is 0 Å². The summed E-state index contributed by atoms with van der Waals surface area (Å²) >= 11 is 0. The Hall–Kier alpha value is -3.05. The van der Waals surface area contributed by atoms with Crippen LogP contribution in [0.4, 0.5) is 10.2 Å². The van der Waals surface area contributed by atoms with Crippen molar-refractivity contribution in [3.05, 3.63) is 40.1 Å². The van der Waals surface area contributed by atoms with Crippen molar-refractivity contribution in [1.29, 1.82) is 0 Å². The van der Waals surface area contributed by atoms with E-state index in [9.17, 15) is 19.1 Å². The van der Waals surface area contributed by atoms with Gasteiger partial charge in [0, 0.05) is 32.4 Å². The molecule has 148 valence electrons. The fourth-order valence-corrected chi connectivity index (χ4v) is 3.25. The highest BCUT2D eigenvalue weighted by molar-refractivity contribution is 5.92. The molecule has 1 saturated heterocycles. The van der Waals surface area contributed by atoms with Gasteiger partial charge in [-0.1, -0.05) is 5.21 Å². The average molecular weight is 410 g/mol. The maximum atomic E-state index is 14.7. The Morgan fingerprint density at radius 1 is 1.43 bits per heavy atom. The van der Waals surface area contributed by atoms with Gasteiger partial charge in [0.05, 0.1) is 11.6 Å². The van der Waals surface area contributed by atoms with E-state index >= 15 is 0 Å². The summed E-state index contributed by atoms with van der Waals surface area (Å²) in [6.07, 6.45) is 3.25. The highest BCUT2D eigenvalue weighted by Crippen LogP contribution is 2.25. The summed E-state index contributed by atoms with van der Waals surface area (Å²) in [5, 5.41) is 16.8. The van der Waals surface area contributed by atoms with Gasteiger partial charge in [-0.25, -0.2) is 18.9 Å². The molecule has 0 spiro atoms. The number of hydrogen-bond donors (Lipinski definition) is 2. The summed E-state index contributed by atoms with van der Waals surface area (Å²) in [6.45, 7) is 0.988. The predicted molar refractivity (Wildman–Crippen MR) is 101 cm³/mol. The van der Waals surface area contributed by atoms with E-state index in [1.807, 2.05) is 0 Å². The van der Waals surface area contributed by atoms with E-state index in [-0.39, 0.29) is 35.3 Å². The van der Waals surface area contributed by atoms with Gasteiger partial charge >= 0.3 is 5.97 Å². The number of fused-ring (bicyclic) bond motifs is 1. The van der Waals surface area contributed by atoms with Crippen molar-refractivity contribution in [3.8, 4) is 5.82 Å². The molecule has 3 aromatic rings. The van der Waals surface area contributed by atoms with Crippen molar-refractivity contribution >= 4 is 35.2 Å². The normalized spacial score (nSPS) is 16.4. The molecular formula is C16H17ClFN7O3. The van der Waals surface area contributed by atoms with Gasteiger partial charge in [0.15, 0.2) is 23.1 Å². The van der Waals surface area contributed by atoms with Crippen molar-refractivity contribution < 1.29 is 14.3 Å². The van der Waals surface area contributed by atoms with Crippen LogP contribution < -0.4 is 16.1 Å². The van der Waals surface area contributed by atoms with E-state index in [1.54, 1.807) is 11.9 Å². The lowest BCUT2D eigenvalue weighted by Crippen LogP contribution is -2.28. The third-order valence-electron chi connectivity index (χ3n) is 4.61. The highest BCUT2D eigenvalue weighted by Gasteiger charge is 2.26. The molecule has 0 saturated carbocycles. The van der Waals surface area contributed by atoms with E-state index < -0.39 is 22.8 Å². The zero-order valence-electron chi connectivity index (χ0n) is 14.7. The first-order valence-electron chi connectivity index (χ1n) is 8.21. The molecule has 0 amide bonds. The molecule has 12 heteroatoms. The van der Waals surface area contributed by atoms with Crippen molar-refractivity contribution in [2.45, 2.75) is 12.5 Å². The monoisotopic (exact) mass is 409 g/mol. The van der Waals surface area contributed by atoms with Crippen LogP contribution in [0, 0.1) is 5.82 Å². The van der Waals surface area contributed by atoms with Gasteiger partial charge in [0.25, 0.3) is 0 Å². The van der Waals surface area contributed by atoms with Crippen molar-refractivity contribution in [2.24, 2.45) is 12.8 Å². The molecule has 0 bridgehead atoms. The zero-order valence-corrected chi connectivity index (χ0v) is 15.6. The summed E-state index contributed by atoms with van der Waals surface area (Å²) in [6, 6.07) is 0.941. The first kappa shape index (κ1) is 19.7. The summed E-state index contributed by atoms with van der Waals surface area (Å²) in [5.74, 6) is -1.67. The number of pyridine rings is 2. The molecular weight excluding hydrogens is 393 g/mol. The summed E-state index contributed by atoms with van der Waals surface area (Å²) in [7, 11) is 1.61. The lowest BCUT2D eigenvalue weighted by atomic mass is 10.2. The van der Waals surface area contributed by atoms with E-state index in [0.717, 1.165) is 12.3 Å². The minimum Gasteiger partial charge on any atom is -0.477 e. The number of carboxylic acid groups (broad SMARTS) is 1. The van der Waals surface area contributed by atoms with Crippen LogP contribution in [0.2, 0.25) is 0 Å². The Balaban J connectivity index is 0.00000225. The van der Waals surface area contributed by atoms with E-state index in [2.05, 4.69) is 15.3 Å². The summed E-state index contributed by atoms with van der Waals surface area (Å²) < 4.78 is 17.5. The van der Waals surface area contributed by atoms with Crippen molar-refractivity contribution in [1.82, 2.24) is 24.5 Å². The quantitative estimate of drug-likeness (QED) is 0.631. The first-order chi connectivity index (χ1) is 12.9. The number of hydrogen-bond acceptors (Lipinski definition) is 7. The maximum Gasteiger partial charge on any atom is 0.341 e. The number of anilines is 1. The highest BCUT2D eigenvalue weighted by atomic mass is 35.5. The lowest BCUT2D eigenvalue weighted by Gasteiger charge is -2.19. The van der Waals surface area contributed by atoms with Crippen LogP contribution in [-0.4, -0.2) is 54.8 Å². The number of carbonyl (C=O) groups is 1. The number of aromatic nitrogens is 5.